The molecule has 0 saturated carbocycles. The van der Waals surface area contributed by atoms with E-state index in [1.54, 1.807) is 19.0 Å². The topological polar surface area (TPSA) is 32.3 Å². The van der Waals surface area contributed by atoms with Gasteiger partial charge in [0.25, 0.3) is 0 Å². The van der Waals surface area contributed by atoms with E-state index < -0.39 is 0 Å². The molecule has 1 aromatic rings. The lowest BCUT2D eigenvalue weighted by atomic mass is 10.3. The zero-order valence-corrected chi connectivity index (χ0v) is 9.71. The number of carbonyl (C=O) groups is 1. The van der Waals surface area contributed by atoms with Crippen molar-refractivity contribution in [3.05, 3.63) is 29.3 Å². The molecule has 1 aromatic carbocycles. The summed E-state index contributed by atoms with van der Waals surface area (Å²) in [5.74, 6) is 0.115. The average Bonchev–Trinajstić information content (AvgIpc) is 2.17. The van der Waals surface area contributed by atoms with Gasteiger partial charge in [0.15, 0.2) is 0 Å². The quantitative estimate of drug-likeness (QED) is 0.854. The van der Waals surface area contributed by atoms with E-state index in [0.717, 1.165) is 5.69 Å². The van der Waals surface area contributed by atoms with Crippen LogP contribution in [0.5, 0.6) is 0 Å². The number of nitrogens with zero attached hydrogens (tertiary/aromatic N) is 1. The summed E-state index contributed by atoms with van der Waals surface area (Å²) in [4.78, 5) is 12.8. The molecule has 0 heterocycles. The lowest BCUT2D eigenvalue weighted by molar-refractivity contribution is -0.128. The standard InChI is InChI=1S/C11H15ClN2O/c1-14(2)11(15)6-7-13-10-5-3-4-9(12)8-10/h3-5,8,13H,6-7H2,1-2H3. The molecule has 1 amide bonds. The van der Waals surface area contributed by atoms with Crippen molar-refractivity contribution in [2.75, 3.05) is 26.0 Å². The predicted molar refractivity (Wildman–Crippen MR) is 63.3 cm³/mol. The van der Waals surface area contributed by atoms with Crippen LogP contribution in [-0.4, -0.2) is 31.4 Å². The Balaban J connectivity index is 2.35. The number of benzene rings is 1. The third-order valence-corrected chi connectivity index (χ3v) is 2.23. The van der Waals surface area contributed by atoms with E-state index in [9.17, 15) is 4.79 Å². The second kappa shape index (κ2) is 5.61. The second-order valence-corrected chi connectivity index (χ2v) is 3.91. The number of carbonyl (C=O) groups excluding carboxylic acids is 1. The number of rotatable bonds is 4. The fourth-order valence-corrected chi connectivity index (χ4v) is 1.33. The molecule has 0 aliphatic rings. The SMILES string of the molecule is CN(C)C(=O)CCNc1cccc(Cl)c1. The summed E-state index contributed by atoms with van der Waals surface area (Å²) in [5, 5.41) is 3.83. The first-order valence-electron chi connectivity index (χ1n) is 4.79. The van der Waals surface area contributed by atoms with Gasteiger partial charge in [-0.05, 0) is 18.2 Å². The first kappa shape index (κ1) is 11.9. The van der Waals surface area contributed by atoms with Crippen molar-refractivity contribution in [2.45, 2.75) is 6.42 Å². The van der Waals surface area contributed by atoms with Gasteiger partial charge >= 0.3 is 0 Å². The number of nitrogens with one attached hydrogen (secondary N) is 1. The predicted octanol–water partition coefficient (Wildman–Crippen LogP) is 2.23. The largest absolute Gasteiger partial charge is 0.384 e. The van der Waals surface area contributed by atoms with Crippen molar-refractivity contribution >= 4 is 23.2 Å². The van der Waals surface area contributed by atoms with Gasteiger partial charge < -0.3 is 10.2 Å². The molecule has 0 spiro atoms. The highest BCUT2D eigenvalue weighted by molar-refractivity contribution is 6.30. The number of anilines is 1. The molecule has 0 bridgehead atoms. The smallest absolute Gasteiger partial charge is 0.223 e. The van der Waals surface area contributed by atoms with Gasteiger partial charge in [0, 0.05) is 37.8 Å². The van der Waals surface area contributed by atoms with Gasteiger partial charge in [-0.15, -0.1) is 0 Å². The third-order valence-electron chi connectivity index (χ3n) is 1.99. The van der Waals surface area contributed by atoms with Crippen molar-refractivity contribution in [1.82, 2.24) is 4.90 Å². The molecule has 0 unspecified atom stereocenters. The van der Waals surface area contributed by atoms with E-state index in [1.807, 2.05) is 24.3 Å². The molecular formula is C11H15ClN2O. The minimum absolute atomic E-state index is 0.115. The van der Waals surface area contributed by atoms with Gasteiger partial charge in [-0.25, -0.2) is 0 Å². The molecule has 15 heavy (non-hydrogen) atoms. The van der Waals surface area contributed by atoms with Gasteiger partial charge in [0.2, 0.25) is 5.91 Å². The Morgan fingerprint density at radius 2 is 2.20 bits per heavy atom. The summed E-state index contributed by atoms with van der Waals surface area (Å²) in [7, 11) is 3.50. The lowest BCUT2D eigenvalue weighted by Gasteiger charge is -2.11. The Hall–Kier alpha value is -1.22. The fraction of sp³-hybridized carbons (Fsp3) is 0.364. The summed E-state index contributed by atoms with van der Waals surface area (Å²) in [5.41, 5.74) is 0.939. The highest BCUT2D eigenvalue weighted by Crippen LogP contribution is 2.14. The van der Waals surface area contributed by atoms with Crippen molar-refractivity contribution in [3.63, 3.8) is 0 Å². The highest BCUT2D eigenvalue weighted by Gasteiger charge is 2.02. The Morgan fingerprint density at radius 1 is 1.47 bits per heavy atom. The van der Waals surface area contributed by atoms with Crippen LogP contribution in [0.15, 0.2) is 24.3 Å². The van der Waals surface area contributed by atoms with Crippen molar-refractivity contribution in [1.29, 1.82) is 0 Å². The summed E-state index contributed by atoms with van der Waals surface area (Å²) < 4.78 is 0. The minimum atomic E-state index is 0.115. The van der Waals surface area contributed by atoms with E-state index in [4.69, 9.17) is 11.6 Å². The summed E-state index contributed by atoms with van der Waals surface area (Å²) in [6.07, 6.45) is 0.486. The van der Waals surface area contributed by atoms with Gasteiger partial charge in [-0.3, -0.25) is 4.79 Å². The molecule has 82 valence electrons. The molecule has 0 fully saturated rings. The van der Waals surface area contributed by atoms with Crippen LogP contribution < -0.4 is 5.32 Å². The van der Waals surface area contributed by atoms with Gasteiger partial charge in [0.1, 0.15) is 0 Å². The van der Waals surface area contributed by atoms with Crippen LogP contribution in [0, 0.1) is 0 Å². The molecule has 0 aromatic heterocycles. The number of hydrogen-bond donors (Lipinski definition) is 1. The Kier molecular flexibility index (Phi) is 4.43. The first-order valence-corrected chi connectivity index (χ1v) is 5.17. The van der Waals surface area contributed by atoms with Crippen LogP contribution >= 0.6 is 11.6 Å². The van der Waals surface area contributed by atoms with Crippen LogP contribution in [0.3, 0.4) is 0 Å². The number of hydrogen-bond acceptors (Lipinski definition) is 2. The average molecular weight is 227 g/mol. The zero-order chi connectivity index (χ0) is 11.3. The normalized spacial score (nSPS) is 9.80. The highest BCUT2D eigenvalue weighted by atomic mass is 35.5. The van der Waals surface area contributed by atoms with E-state index in [1.165, 1.54) is 0 Å². The molecule has 0 atom stereocenters. The molecule has 0 aliphatic heterocycles. The molecule has 1 rings (SSSR count). The van der Waals surface area contributed by atoms with E-state index in [-0.39, 0.29) is 5.91 Å². The Morgan fingerprint density at radius 3 is 2.80 bits per heavy atom. The van der Waals surface area contributed by atoms with E-state index >= 15 is 0 Å². The number of halogens is 1. The summed E-state index contributed by atoms with van der Waals surface area (Å²) >= 11 is 5.82. The fourth-order valence-electron chi connectivity index (χ4n) is 1.14. The van der Waals surface area contributed by atoms with Crippen LogP contribution in [-0.2, 0) is 4.79 Å². The molecule has 3 nitrogen and oxygen atoms in total. The third kappa shape index (κ3) is 4.21. The molecule has 0 saturated heterocycles. The van der Waals surface area contributed by atoms with Crippen LogP contribution in [0.25, 0.3) is 0 Å². The summed E-state index contributed by atoms with van der Waals surface area (Å²) in [6, 6.07) is 7.45. The Labute approximate surface area is 95.0 Å². The molecule has 1 N–H and O–H groups in total. The van der Waals surface area contributed by atoms with E-state index in [2.05, 4.69) is 5.32 Å². The summed E-state index contributed by atoms with van der Waals surface area (Å²) in [6.45, 7) is 0.622. The minimum Gasteiger partial charge on any atom is -0.384 e. The second-order valence-electron chi connectivity index (χ2n) is 3.48. The maximum atomic E-state index is 11.3. The van der Waals surface area contributed by atoms with Gasteiger partial charge in [-0.1, -0.05) is 17.7 Å². The molecule has 4 heteroatoms. The van der Waals surface area contributed by atoms with Crippen LogP contribution in [0.2, 0.25) is 5.02 Å². The van der Waals surface area contributed by atoms with Crippen molar-refractivity contribution in [3.8, 4) is 0 Å². The van der Waals surface area contributed by atoms with Gasteiger partial charge in [0.05, 0.1) is 0 Å². The van der Waals surface area contributed by atoms with E-state index in [0.29, 0.717) is 18.0 Å². The van der Waals surface area contributed by atoms with Crippen LogP contribution in [0.1, 0.15) is 6.42 Å². The first-order chi connectivity index (χ1) is 7.09. The van der Waals surface area contributed by atoms with Crippen LogP contribution in [0.4, 0.5) is 5.69 Å². The Bertz CT molecular complexity index is 339. The monoisotopic (exact) mass is 226 g/mol. The zero-order valence-electron chi connectivity index (χ0n) is 8.96. The number of amides is 1. The van der Waals surface area contributed by atoms with Gasteiger partial charge in [-0.2, -0.15) is 0 Å². The van der Waals surface area contributed by atoms with Crippen molar-refractivity contribution in [2.24, 2.45) is 0 Å². The lowest BCUT2D eigenvalue weighted by Crippen LogP contribution is -2.23. The molecular weight excluding hydrogens is 212 g/mol. The molecule has 0 radical (unpaired) electrons. The molecule has 0 aliphatic carbocycles. The van der Waals surface area contributed by atoms with Crippen molar-refractivity contribution < 1.29 is 4.79 Å². The maximum absolute atomic E-state index is 11.3. The maximum Gasteiger partial charge on any atom is 0.223 e.